The van der Waals surface area contributed by atoms with Crippen LogP contribution in [0.25, 0.3) is 22.9 Å². The fourth-order valence-electron chi connectivity index (χ4n) is 1.93. The highest BCUT2D eigenvalue weighted by atomic mass is 79.9. The summed E-state index contributed by atoms with van der Waals surface area (Å²) in [6.07, 6.45) is 0. The van der Waals surface area contributed by atoms with E-state index in [-0.39, 0.29) is 0 Å². The van der Waals surface area contributed by atoms with Crippen LogP contribution in [-0.4, -0.2) is 17.5 Å². The molecule has 2 aromatic carbocycles. The van der Waals surface area contributed by atoms with Crippen LogP contribution in [0.5, 0.6) is 0 Å². The lowest BCUT2D eigenvalue weighted by Gasteiger charge is -1.98. The van der Waals surface area contributed by atoms with Crippen molar-refractivity contribution in [3.8, 4) is 22.9 Å². The Kier molecular flexibility index (Phi) is 3.69. The fourth-order valence-corrected chi connectivity index (χ4v) is 2.33. The van der Waals surface area contributed by atoms with Crippen molar-refractivity contribution in [1.82, 2.24) is 10.2 Å². The van der Waals surface area contributed by atoms with Crippen LogP contribution in [0, 0.1) is 0 Å². The van der Waals surface area contributed by atoms with Gasteiger partial charge in [-0.3, -0.25) is 0 Å². The largest absolute Gasteiger partial charge is 0.416 e. The molecule has 0 atom stereocenters. The van der Waals surface area contributed by atoms with Crippen LogP contribution in [0.3, 0.4) is 0 Å². The average molecular weight is 326 g/mol. The zero-order valence-corrected chi connectivity index (χ0v) is 12.5. The Bertz CT molecular complexity index is 742. The molecule has 0 aliphatic carbocycles. The molecule has 5 heteroatoms. The Morgan fingerprint density at radius 2 is 1.60 bits per heavy atom. The molecule has 0 amide bonds. The summed E-state index contributed by atoms with van der Waals surface area (Å²) in [5, 5.41) is 8.23. The molecule has 3 nitrogen and oxygen atoms in total. The van der Waals surface area contributed by atoms with Gasteiger partial charge in [0.1, 0.15) is 7.28 Å². The quantitative estimate of drug-likeness (QED) is 0.691. The van der Waals surface area contributed by atoms with Crippen LogP contribution < -0.4 is 5.46 Å². The van der Waals surface area contributed by atoms with Crippen LogP contribution in [0.15, 0.2) is 57.4 Å². The predicted molar refractivity (Wildman–Crippen MR) is 84.1 cm³/mol. The summed E-state index contributed by atoms with van der Waals surface area (Å²) < 4.78 is 6.74. The average Bonchev–Trinajstić information content (AvgIpc) is 2.97. The molecule has 0 unspecified atom stereocenters. The minimum absolute atomic E-state index is 0.521. The molecule has 3 rings (SSSR count). The third kappa shape index (κ3) is 2.68. The van der Waals surface area contributed by atoms with E-state index in [9.17, 15) is 0 Å². The zero-order chi connectivity index (χ0) is 13.9. The van der Waals surface area contributed by atoms with E-state index in [4.69, 9.17) is 4.42 Å². The van der Waals surface area contributed by atoms with E-state index in [2.05, 4.69) is 26.1 Å². The van der Waals surface area contributed by atoms with E-state index < -0.39 is 0 Å². The molecule has 0 saturated carbocycles. The van der Waals surface area contributed by atoms with E-state index in [0.29, 0.717) is 11.8 Å². The second-order valence-electron chi connectivity index (χ2n) is 4.34. The first-order valence-electron chi connectivity index (χ1n) is 6.25. The van der Waals surface area contributed by atoms with E-state index >= 15 is 0 Å². The normalized spacial score (nSPS) is 10.5. The maximum Gasteiger partial charge on any atom is 0.248 e. The SMILES string of the molecule is C[B]c1cccc(-c2nnc(-c3cccc(Br)c3)o2)c1. The molecule has 0 saturated heterocycles. The number of hydrogen-bond donors (Lipinski definition) is 0. The first-order chi connectivity index (χ1) is 9.76. The van der Waals surface area contributed by atoms with Gasteiger partial charge in [-0.1, -0.05) is 52.5 Å². The molecule has 3 aromatic rings. The molecule has 0 aliphatic heterocycles. The molecule has 20 heavy (non-hydrogen) atoms. The number of halogens is 1. The van der Waals surface area contributed by atoms with Gasteiger partial charge in [0.15, 0.2) is 0 Å². The first kappa shape index (κ1) is 13.1. The number of aromatic nitrogens is 2. The minimum atomic E-state index is 0.521. The second-order valence-corrected chi connectivity index (χ2v) is 5.25. The van der Waals surface area contributed by atoms with Gasteiger partial charge < -0.3 is 4.42 Å². The Hall–Kier alpha value is -1.88. The van der Waals surface area contributed by atoms with E-state index in [1.165, 1.54) is 0 Å². The second kappa shape index (κ2) is 5.63. The van der Waals surface area contributed by atoms with Crippen LogP contribution >= 0.6 is 15.9 Å². The van der Waals surface area contributed by atoms with Crippen LogP contribution in [0.2, 0.25) is 6.82 Å². The van der Waals surface area contributed by atoms with Crippen molar-refractivity contribution in [3.63, 3.8) is 0 Å². The molecule has 0 bridgehead atoms. The van der Waals surface area contributed by atoms with Crippen molar-refractivity contribution in [2.24, 2.45) is 0 Å². The highest BCUT2D eigenvalue weighted by Gasteiger charge is 2.10. The van der Waals surface area contributed by atoms with Crippen molar-refractivity contribution in [3.05, 3.63) is 53.0 Å². The Labute approximate surface area is 126 Å². The molecule has 1 radical (unpaired) electrons. The number of rotatable bonds is 3. The van der Waals surface area contributed by atoms with Crippen molar-refractivity contribution in [2.45, 2.75) is 6.82 Å². The van der Waals surface area contributed by atoms with Crippen molar-refractivity contribution < 1.29 is 4.42 Å². The van der Waals surface area contributed by atoms with Gasteiger partial charge in [-0.2, -0.15) is 0 Å². The Morgan fingerprint density at radius 1 is 0.950 bits per heavy atom. The van der Waals surface area contributed by atoms with Crippen LogP contribution in [-0.2, 0) is 0 Å². The lowest BCUT2D eigenvalue weighted by Crippen LogP contribution is -2.09. The molecule has 0 fully saturated rings. The molecular formula is C15H11BBrN2O. The summed E-state index contributed by atoms with van der Waals surface area (Å²) in [5.41, 5.74) is 2.95. The van der Waals surface area contributed by atoms with Gasteiger partial charge >= 0.3 is 0 Å². The van der Waals surface area contributed by atoms with Crippen LogP contribution in [0.1, 0.15) is 0 Å². The maximum absolute atomic E-state index is 5.75. The summed E-state index contributed by atoms with van der Waals surface area (Å²) in [4.78, 5) is 0. The van der Waals surface area contributed by atoms with Gasteiger partial charge in [0.25, 0.3) is 0 Å². The molecule has 1 aromatic heterocycles. The highest BCUT2D eigenvalue weighted by Crippen LogP contribution is 2.25. The number of benzene rings is 2. The minimum Gasteiger partial charge on any atom is -0.416 e. The summed E-state index contributed by atoms with van der Waals surface area (Å²) in [6.45, 7) is 2.00. The summed E-state index contributed by atoms with van der Waals surface area (Å²) in [7, 11) is 2.04. The maximum atomic E-state index is 5.75. The monoisotopic (exact) mass is 325 g/mol. The van der Waals surface area contributed by atoms with Gasteiger partial charge in [0, 0.05) is 15.6 Å². The number of nitrogens with zero attached hydrogens (tertiary/aromatic N) is 2. The van der Waals surface area contributed by atoms with Crippen molar-refractivity contribution >= 4 is 28.7 Å². The predicted octanol–water partition coefficient (Wildman–Crippen LogP) is 3.54. The molecule has 0 spiro atoms. The summed E-state index contributed by atoms with van der Waals surface area (Å²) in [5.74, 6) is 1.05. The van der Waals surface area contributed by atoms with Crippen LogP contribution in [0.4, 0.5) is 0 Å². The van der Waals surface area contributed by atoms with Crippen molar-refractivity contribution in [1.29, 1.82) is 0 Å². The third-order valence-corrected chi connectivity index (χ3v) is 3.46. The van der Waals surface area contributed by atoms with Gasteiger partial charge in [0.2, 0.25) is 11.8 Å². The molecule has 1 heterocycles. The first-order valence-corrected chi connectivity index (χ1v) is 7.05. The smallest absolute Gasteiger partial charge is 0.248 e. The van der Waals surface area contributed by atoms with E-state index in [0.717, 1.165) is 21.1 Å². The van der Waals surface area contributed by atoms with Gasteiger partial charge in [0.05, 0.1) is 0 Å². The lowest BCUT2D eigenvalue weighted by atomic mass is 9.73. The molecule has 97 valence electrons. The molecule has 0 N–H and O–H groups in total. The molecular weight excluding hydrogens is 315 g/mol. The number of hydrogen-bond acceptors (Lipinski definition) is 3. The Morgan fingerprint density at radius 3 is 2.25 bits per heavy atom. The Balaban J connectivity index is 1.97. The van der Waals surface area contributed by atoms with Gasteiger partial charge in [-0.25, -0.2) is 0 Å². The van der Waals surface area contributed by atoms with Crippen molar-refractivity contribution in [2.75, 3.05) is 0 Å². The van der Waals surface area contributed by atoms with Gasteiger partial charge in [-0.15, -0.1) is 10.2 Å². The van der Waals surface area contributed by atoms with E-state index in [1.807, 2.05) is 62.6 Å². The van der Waals surface area contributed by atoms with Gasteiger partial charge in [-0.05, 0) is 24.3 Å². The zero-order valence-electron chi connectivity index (χ0n) is 10.9. The fraction of sp³-hybridized carbons (Fsp3) is 0.0667. The third-order valence-electron chi connectivity index (χ3n) is 2.96. The topological polar surface area (TPSA) is 38.9 Å². The summed E-state index contributed by atoms with van der Waals surface area (Å²) >= 11 is 3.44. The summed E-state index contributed by atoms with van der Waals surface area (Å²) in [6, 6.07) is 15.8. The van der Waals surface area contributed by atoms with E-state index in [1.54, 1.807) is 0 Å². The standard InChI is InChI=1S/C15H11BBrN2O/c1-16-12-6-2-4-10(8-12)14-18-19-15(20-14)11-5-3-7-13(17)9-11/h2-9H,1H3. The lowest BCUT2D eigenvalue weighted by molar-refractivity contribution is 0.584. The highest BCUT2D eigenvalue weighted by molar-refractivity contribution is 9.10. The molecule has 0 aliphatic rings.